The van der Waals surface area contributed by atoms with Gasteiger partial charge in [-0.05, 0) is 50.2 Å². The largest absolute Gasteiger partial charge is 0.481 e. The first-order valence-corrected chi connectivity index (χ1v) is 11.3. The molecule has 160 valence electrons. The van der Waals surface area contributed by atoms with E-state index in [2.05, 4.69) is 25.2 Å². The minimum Gasteiger partial charge on any atom is -0.481 e. The number of benzene rings is 1. The number of likely N-dealkylation sites (tertiary alicyclic amines) is 1. The molecule has 5 heteroatoms. The first-order chi connectivity index (χ1) is 14.0. The summed E-state index contributed by atoms with van der Waals surface area (Å²) in [4.78, 5) is 27.2. The van der Waals surface area contributed by atoms with Gasteiger partial charge in [-0.1, -0.05) is 51.3 Å². The Bertz CT molecular complexity index is 689. The summed E-state index contributed by atoms with van der Waals surface area (Å²) in [7, 11) is 0. The molecule has 1 unspecified atom stereocenters. The van der Waals surface area contributed by atoms with E-state index in [9.17, 15) is 9.59 Å². The summed E-state index contributed by atoms with van der Waals surface area (Å²) in [6, 6.07) is 8.12. The number of hydrogen-bond acceptors (Lipinski definition) is 3. The number of rotatable bonds is 6. The summed E-state index contributed by atoms with van der Waals surface area (Å²) in [5, 5.41) is 3.23. The van der Waals surface area contributed by atoms with E-state index in [0.717, 1.165) is 37.0 Å². The van der Waals surface area contributed by atoms with Gasteiger partial charge < -0.3 is 15.0 Å². The van der Waals surface area contributed by atoms with Gasteiger partial charge in [0, 0.05) is 25.0 Å². The molecule has 0 bridgehead atoms. The first kappa shape index (κ1) is 21.7. The molecule has 1 atom stereocenters. The molecular formula is C24H36N2O3. The van der Waals surface area contributed by atoms with Crippen molar-refractivity contribution < 1.29 is 14.3 Å². The Morgan fingerprint density at radius 1 is 1.00 bits per heavy atom. The third-order valence-electron chi connectivity index (χ3n) is 6.32. The topological polar surface area (TPSA) is 58.6 Å². The monoisotopic (exact) mass is 400 g/mol. The van der Waals surface area contributed by atoms with Gasteiger partial charge in [-0.25, -0.2) is 0 Å². The Kier molecular flexibility index (Phi) is 7.57. The molecule has 2 aliphatic rings. The summed E-state index contributed by atoms with van der Waals surface area (Å²) >= 11 is 0. The molecule has 1 heterocycles. The van der Waals surface area contributed by atoms with Crippen LogP contribution < -0.4 is 10.1 Å². The van der Waals surface area contributed by atoms with E-state index in [-0.39, 0.29) is 23.8 Å². The second-order valence-corrected chi connectivity index (χ2v) is 8.90. The van der Waals surface area contributed by atoms with E-state index in [1.807, 2.05) is 30.0 Å². The van der Waals surface area contributed by atoms with Crippen LogP contribution in [0.1, 0.15) is 77.2 Å². The predicted molar refractivity (Wildman–Crippen MR) is 115 cm³/mol. The average molecular weight is 401 g/mol. The lowest BCUT2D eigenvalue weighted by molar-refractivity contribution is -0.139. The number of para-hydroxylation sites is 1. The third kappa shape index (κ3) is 5.74. The van der Waals surface area contributed by atoms with Crippen molar-refractivity contribution in [3.8, 4) is 5.75 Å². The molecular weight excluding hydrogens is 364 g/mol. The quantitative estimate of drug-likeness (QED) is 0.776. The Balaban J connectivity index is 1.47. The zero-order valence-electron chi connectivity index (χ0n) is 18.2. The molecule has 1 aliphatic carbocycles. The van der Waals surface area contributed by atoms with Crippen LogP contribution >= 0.6 is 0 Å². The fourth-order valence-corrected chi connectivity index (χ4v) is 4.49. The van der Waals surface area contributed by atoms with E-state index in [1.54, 1.807) is 0 Å². The summed E-state index contributed by atoms with van der Waals surface area (Å²) in [5.41, 5.74) is 1.12. The lowest BCUT2D eigenvalue weighted by Crippen LogP contribution is -2.50. The van der Waals surface area contributed by atoms with Crippen molar-refractivity contribution in [3.05, 3.63) is 29.8 Å². The zero-order valence-corrected chi connectivity index (χ0v) is 18.2. The maximum Gasteiger partial charge on any atom is 0.263 e. The zero-order chi connectivity index (χ0) is 20.8. The van der Waals surface area contributed by atoms with Crippen LogP contribution in [0.5, 0.6) is 5.75 Å². The Hall–Kier alpha value is -2.04. The Morgan fingerprint density at radius 3 is 2.31 bits per heavy atom. The summed E-state index contributed by atoms with van der Waals surface area (Å²) in [5.74, 6) is 1.57. The molecule has 0 spiro atoms. The summed E-state index contributed by atoms with van der Waals surface area (Å²) in [6.45, 7) is 7.43. The van der Waals surface area contributed by atoms with Crippen LogP contribution in [0.25, 0.3) is 0 Å². The van der Waals surface area contributed by atoms with Crippen molar-refractivity contribution in [1.82, 2.24) is 10.2 Å². The van der Waals surface area contributed by atoms with Crippen molar-refractivity contribution >= 4 is 11.8 Å². The number of carbonyl (C=O) groups excluding carboxylic acids is 2. The second-order valence-electron chi connectivity index (χ2n) is 8.90. The fraction of sp³-hybridized carbons (Fsp3) is 0.667. The van der Waals surface area contributed by atoms with Gasteiger partial charge in [0.25, 0.3) is 5.91 Å². The van der Waals surface area contributed by atoms with Gasteiger partial charge >= 0.3 is 0 Å². The van der Waals surface area contributed by atoms with Gasteiger partial charge in [0.05, 0.1) is 0 Å². The van der Waals surface area contributed by atoms with E-state index in [4.69, 9.17) is 4.74 Å². The molecule has 1 aromatic rings. The maximum atomic E-state index is 12.9. The molecule has 0 radical (unpaired) electrons. The van der Waals surface area contributed by atoms with Crippen molar-refractivity contribution in [2.45, 2.75) is 83.8 Å². The van der Waals surface area contributed by atoms with E-state index < -0.39 is 6.10 Å². The molecule has 2 amide bonds. The highest BCUT2D eigenvalue weighted by Gasteiger charge is 2.29. The molecule has 3 rings (SSSR count). The minimum atomic E-state index is -0.511. The maximum absolute atomic E-state index is 12.9. The average Bonchev–Trinajstić information content (AvgIpc) is 2.74. The standard InChI is InChI=1S/C24H36N2O3/c1-17(2)21-11-7-8-12-22(21)29-18(3)24(28)26-15-13-20(14-16-26)25-23(27)19-9-5-4-6-10-19/h7-8,11-12,17-20H,4-6,9-10,13-16H2,1-3H3,(H,25,27). The van der Waals surface area contributed by atoms with Crippen LogP contribution in [-0.4, -0.2) is 41.9 Å². The molecule has 0 aromatic heterocycles. The number of piperidine rings is 1. The lowest BCUT2D eigenvalue weighted by Gasteiger charge is -2.35. The molecule has 1 N–H and O–H groups in total. The molecule has 1 aliphatic heterocycles. The molecule has 1 saturated carbocycles. The van der Waals surface area contributed by atoms with Crippen molar-refractivity contribution in [2.75, 3.05) is 13.1 Å². The highest BCUT2D eigenvalue weighted by Crippen LogP contribution is 2.27. The van der Waals surface area contributed by atoms with Gasteiger partial charge in [0.2, 0.25) is 5.91 Å². The summed E-state index contributed by atoms with van der Waals surface area (Å²) in [6.07, 6.45) is 6.77. The van der Waals surface area contributed by atoms with Crippen LogP contribution in [0.4, 0.5) is 0 Å². The van der Waals surface area contributed by atoms with Crippen LogP contribution in [-0.2, 0) is 9.59 Å². The molecule has 29 heavy (non-hydrogen) atoms. The van der Waals surface area contributed by atoms with Crippen LogP contribution in [0.15, 0.2) is 24.3 Å². The van der Waals surface area contributed by atoms with Gasteiger partial charge in [-0.2, -0.15) is 0 Å². The van der Waals surface area contributed by atoms with E-state index >= 15 is 0 Å². The number of carbonyl (C=O) groups is 2. The highest BCUT2D eigenvalue weighted by atomic mass is 16.5. The van der Waals surface area contributed by atoms with Crippen molar-refractivity contribution in [3.63, 3.8) is 0 Å². The normalized spacial score (nSPS) is 19.8. The van der Waals surface area contributed by atoms with E-state index in [1.165, 1.54) is 19.3 Å². The predicted octanol–water partition coefficient (Wildman–Crippen LogP) is 4.26. The smallest absolute Gasteiger partial charge is 0.263 e. The molecule has 5 nitrogen and oxygen atoms in total. The van der Waals surface area contributed by atoms with Crippen LogP contribution in [0.2, 0.25) is 0 Å². The first-order valence-electron chi connectivity index (χ1n) is 11.3. The Morgan fingerprint density at radius 2 is 1.66 bits per heavy atom. The van der Waals surface area contributed by atoms with Gasteiger partial charge in [-0.15, -0.1) is 0 Å². The van der Waals surface area contributed by atoms with Crippen LogP contribution in [0.3, 0.4) is 0 Å². The SMILES string of the molecule is CC(Oc1ccccc1C(C)C)C(=O)N1CCC(NC(=O)C2CCCCC2)CC1. The number of hydrogen-bond donors (Lipinski definition) is 1. The number of nitrogens with zero attached hydrogens (tertiary/aromatic N) is 1. The van der Waals surface area contributed by atoms with Gasteiger partial charge in [-0.3, -0.25) is 9.59 Å². The molecule has 2 fully saturated rings. The number of ether oxygens (including phenoxy) is 1. The van der Waals surface area contributed by atoms with Gasteiger partial charge in [0.1, 0.15) is 5.75 Å². The van der Waals surface area contributed by atoms with Crippen molar-refractivity contribution in [1.29, 1.82) is 0 Å². The van der Waals surface area contributed by atoms with Crippen molar-refractivity contribution in [2.24, 2.45) is 5.92 Å². The minimum absolute atomic E-state index is 0.0283. The lowest BCUT2D eigenvalue weighted by atomic mass is 9.88. The fourth-order valence-electron chi connectivity index (χ4n) is 4.49. The molecule has 1 aromatic carbocycles. The van der Waals surface area contributed by atoms with E-state index in [0.29, 0.717) is 19.0 Å². The highest BCUT2D eigenvalue weighted by molar-refractivity contribution is 5.81. The third-order valence-corrected chi connectivity index (χ3v) is 6.32. The number of nitrogens with one attached hydrogen (secondary N) is 1. The van der Waals surface area contributed by atoms with Crippen LogP contribution in [0, 0.1) is 5.92 Å². The summed E-state index contributed by atoms with van der Waals surface area (Å²) < 4.78 is 6.03. The van der Waals surface area contributed by atoms with Gasteiger partial charge in [0.15, 0.2) is 6.10 Å². The Labute approximate surface area is 175 Å². The second kappa shape index (κ2) is 10.1. The molecule has 1 saturated heterocycles. The number of amides is 2.